The zero-order valence-corrected chi connectivity index (χ0v) is 15.1. The Kier molecular flexibility index (Phi) is 4.77. The Hall–Kier alpha value is -2.93. The van der Waals surface area contributed by atoms with Crippen molar-refractivity contribution in [2.24, 2.45) is 0 Å². The van der Waals surface area contributed by atoms with Crippen LogP contribution < -0.4 is 20.7 Å². The third-order valence-corrected chi connectivity index (χ3v) is 5.01. The fourth-order valence-electron chi connectivity index (χ4n) is 3.74. The summed E-state index contributed by atoms with van der Waals surface area (Å²) in [6.07, 6.45) is 4.90. The number of benzene rings is 1. The third-order valence-electron chi connectivity index (χ3n) is 5.01. The first-order valence-corrected chi connectivity index (χ1v) is 9.15. The topological polar surface area (TPSA) is 92.3 Å². The number of hydrogen-bond acceptors (Lipinski definition) is 5. The zero-order valence-electron chi connectivity index (χ0n) is 15.1. The Morgan fingerprint density at radius 1 is 1.11 bits per heavy atom. The van der Waals surface area contributed by atoms with Crippen LogP contribution in [0.2, 0.25) is 0 Å². The molecule has 4 rings (SSSR count). The molecule has 140 valence electrons. The van der Waals surface area contributed by atoms with Gasteiger partial charge in [0.2, 0.25) is 5.91 Å². The van der Waals surface area contributed by atoms with Crippen LogP contribution in [0, 0.1) is 0 Å². The Labute approximate surface area is 157 Å². The largest absolute Gasteiger partial charge is 0.456 e. The zero-order chi connectivity index (χ0) is 18.8. The Balaban J connectivity index is 1.34. The molecule has 7 nitrogen and oxygen atoms in total. The lowest BCUT2D eigenvalue weighted by molar-refractivity contribution is -0.114. The molecular formula is C20H22N4O3. The SMILES string of the molecule is CC(=O)Nc1ccc(Oc2ccc(C(=O)NC3CC4CCC3N4)cc2)cn1. The van der Waals surface area contributed by atoms with Gasteiger partial charge < -0.3 is 20.7 Å². The van der Waals surface area contributed by atoms with E-state index >= 15 is 0 Å². The molecule has 2 amide bonds. The fourth-order valence-corrected chi connectivity index (χ4v) is 3.74. The molecule has 0 spiro atoms. The number of aromatic nitrogens is 1. The van der Waals surface area contributed by atoms with Crippen LogP contribution in [0.15, 0.2) is 42.6 Å². The van der Waals surface area contributed by atoms with E-state index in [-0.39, 0.29) is 17.9 Å². The van der Waals surface area contributed by atoms with Crippen molar-refractivity contribution in [3.8, 4) is 11.5 Å². The predicted molar refractivity (Wildman–Crippen MR) is 101 cm³/mol. The van der Waals surface area contributed by atoms with Gasteiger partial charge in [0.05, 0.1) is 6.20 Å². The Morgan fingerprint density at radius 2 is 1.89 bits per heavy atom. The van der Waals surface area contributed by atoms with Crippen molar-refractivity contribution in [3.63, 3.8) is 0 Å². The molecule has 1 aromatic carbocycles. The molecule has 1 aromatic heterocycles. The molecule has 0 aliphatic carbocycles. The molecule has 7 heteroatoms. The monoisotopic (exact) mass is 366 g/mol. The van der Waals surface area contributed by atoms with E-state index in [1.807, 2.05) is 0 Å². The van der Waals surface area contributed by atoms with Crippen molar-refractivity contribution in [1.29, 1.82) is 0 Å². The van der Waals surface area contributed by atoms with E-state index in [2.05, 4.69) is 20.9 Å². The average molecular weight is 366 g/mol. The van der Waals surface area contributed by atoms with Gasteiger partial charge in [-0.1, -0.05) is 0 Å². The molecule has 2 aliphatic rings. The van der Waals surface area contributed by atoms with Crippen LogP contribution in [-0.2, 0) is 4.79 Å². The van der Waals surface area contributed by atoms with Crippen molar-refractivity contribution in [1.82, 2.24) is 15.6 Å². The Morgan fingerprint density at radius 3 is 2.48 bits per heavy atom. The van der Waals surface area contributed by atoms with Crippen molar-refractivity contribution in [2.45, 2.75) is 44.3 Å². The molecule has 3 N–H and O–H groups in total. The van der Waals surface area contributed by atoms with Gasteiger partial charge in [-0.3, -0.25) is 9.59 Å². The summed E-state index contributed by atoms with van der Waals surface area (Å²) < 4.78 is 5.73. The van der Waals surface area contributed by atoms with E-state index in [1.165, 1.54) is 19.5 Å². The van der Waals surface area contributed by atoms with Gasteiger partial charge >= 0.3 is 0 Å². The average Bonchev–Trinajstić information content (AvgIpc) is 3.26. The summed E-state index contributed by atoms with van der Waals surface area (Å²) in [4.78, 5) is 27.6. The van der Waals surface area contributed by atoms with Crippen LogP contribution in [0.25, 0.3) is 0 Å². The van der Waals surface area contributed by atoms with Crippen LogP contribution in [0.3, 0.4) is 0 Å². The second kappa shape index (κ2) is 7.36. The highest BCUT2D eigenvalue weighted by molar-refractivity contribution is 5.94. The number of amides is 2. The van der Waals surface area contributed by atoms with Crippen molar-refractivity contribution >= 4 is 17.6 Å². The first kappa shape index (κ1) is 17.5. The standard InChI is InChI=1S/C20H22N4O3/c1-12(25)22-19-9-7-16(11-21-19)27-15-5-2-13(3-6-15)20(26)24-18-10-14-4-8-17(18)23-14/h2-3,5-7,9,11,14,17-18,23H,4,8,10H2,1H3,(H,24,26)(H,21,22,25). The van der Waals surface area contributed by atoms with E-state index in [0.717, 1.165) is 12.8 Å². The van der Waals surface area contributed by atoms with Crippen molar-refractivity contribution < 1.29 is 14.3 Å². The number of ether oxygens (including phenoxy) is 1. The third kappa shape index (κ3) is 4.09. The molecule has 3 unspecified atom stereocenters. The Bertz CT molecular complexity index is 835. The molecule has 3 heterocycles. The van der Waals surface area contributed by atoms with Gasteiger partial charge in [-0.25, -0.2) is 4.98 Å². The number of carbonyl (C=O) groups is 2. The maximum Gasteiger partial charge on any atom is 0.251 e. The molecule has 2 bridgehead atoms. The highest BCUT2D eigenvalue weighted by Crippen LogP contribution is 2.28. The number of hydrogen-bond donors (Lipinski definition) is 3. The molecule has 3 atom stereocenters. The molecule has 0 saturated carbocycles. The molecule has 0 radical (unpaired) electrons. The number of fused-ring (bicyclic) bond motifs is 2. The van der Waals surface area contributed by atoms with Gasteiger partial charge in [-0.15, -0.1) is 0 Å². The van der Waals surface area contributed by atoms with E-state index in [0.29, 0.717) is 35.0 Å². The van der Waals surface area contributed by atoms with Crippen LogP contribution in [-0.4, -0.2) is 34.9 Å². The summed E-state index contributed by atoms with van der Waals surface area (Å²) in [7, 11) is 0. The molecule has 27 heavy (non-hydrogen) atoms. The van der Waals surface area contributed by atoms with Gasteiger partial charge in [0.15, 0.2) is 0 Å². The molecule has 2 aliphatic heterocycles. The smallest absolute Gasteiger partial charge is 0.251 e. The van der Waals surface area contributed by atoms with E-state index < -0.39 is 0 Å². The van der Waals surface area contributed by atoms with Crippen molar-refractivity contribution in [2.75, 3.05) is 5.32 Å². The minimum atomic E-state index is -0.175. The normalized spacial score (nSPS) is 23.1. The summed E-state index contributed by atoms with van der Waals surface area (Å²) in [5.74, 6) is 1.40. The fraction of sp³-hybridized carbons (Fsp3) is 0.350. The first-order valence-electron chi connectivity index (χ1n) is 9.15. The van der Waals surface area contributed by atoms with Gasteiger partial charge in [-0.05, 0) is 55.7 Å². The highest BCUT2D eigenvalue weighted by Gasteiger charge is 2.39. The van der Waals surface area contributed by atoms with Crippen LogP contribution in [0.4, 0.5) is 5.82 Å². The maximum absolute atomic E-state index is 12.4. The molecular weight excluding hydrogens is 344 g/mol. The number of carbonyl (C=O) groups excluding carboxylic acids is 2. The lowest BCUT2D eigenvalue weighted by Crippen LogP contribution is -2.42. The van der Waals surface area contributed by atoms with Crippen LogP contribution >= 0.6 is 0 Å². The summed E-state index contributed by atoms with van der Waals surface area (Å²) >= 11 is 0. The summed E-state index contributed by atoms with van der Waals surface area (Å²) in [6.45, 7) is 1.43. The number of anilines is 1. The van der Waals surface area contributed by atoms with Crippen LogP contribution in [0.1, 0.15) is 36.5 Å². The summed E-state index contributed by atoms with van der Waals surface area (Å²) in [6, 6.07) is 11.6. The number of nitrogens with one attached hydrogen (secondary N) is 3. The molecule has 2 aromatic rings. The van der Waals surface area contributed by atoms with Gasteiger partial charge in [0.25, 0.3) is 5.91 Å². The quantitative estimate of drug-likeness (QED) is 0.756. The van der Waals surface area contributed by atoms with E-state index in [9.17, 15) is 9.59 Å². The lowest BCUT2D eigenvalue weighted by atomic mass is 9.95. The van der Waals surface area contributed by atoms with Gasteiger partial charge in [0, 0.05) is 30.6 Å². The van der Waals surface area contributed by atoms with Crippen LogP contribution in [0.5, 0.6) is 11.5 Å². The maximum atomic E-state index is 12.4. The molecule has 2 saturated heterocycles. The van der Waals surface area contributed by atoms with E-state index in [4.69, 9.17) is 4.74 Å². The predicted octanol–water partition coefficient (Wildman–Crippen LogP) is 2.46. The number of pyridine rings is 1. The number of nitrogens with zero attached hydrogens (tertiary/aromatic N) is 1. The van der Waals surface area contributed by atoms with Crippen molar-refractivity contribution in [3.05, 3.63) is 48.2 Å². The second-order valence-electron chi connectivity index (χ2n) is 7.05. The molecule has 2 fully saturated rings. The summed E-state index contributed by atoms with van der Waals surface area (Å²) in [5, 5.41) is 9.25. The first-order chi connectivity index (χ1) is 13.1. The van der Waals surface area contributed by atoms with E-state index in [1.54, 1.807) is 36.4 Å². The summed E-state index contributed by atoms with van der Waals surface area (Å²) in [5.41, 5.74) is 0.615. The lowest BCUT2D eigenvalue weighted by Gasteiger charge is -2.21. The van der Waals surface area contributed by atoms with Gasteiger partial charge in [0.1, 0.15) is 17.3 Å². The minimum Gasteiger partial charge on any atom is -0.456 e. The number of rotatable bonds is 5. The minimum absolute atomic E-state index is 0.0535. The van der Waals surface area contributed by atoms with Gasteiger partial charge in [-0.2, -0.15) is 0 Å². The second-order valence-corrected chi connectivity index (χ2v) is 7.05. The highest BCUT2D eigenvalue weighted by atomic mass is 16.5.